The summed E-state index contributed by atoms with van der Waals surface area (Å²) < 4.78 is 13.1. The van der Waals surface area contributed by atoms with Gasteiger partial charge in [-0.1, -0.05) is 59.9 Å². The molecule has 0 atom stereocenters. The first-order chi connectivity index (χ1) is 10.3. The molecule has 0 fully saturated rings. The van der Waals surface area contributed by atoms with Gasteiger partial charge in [-0.2, -0.15) is 13.5 Å². The number of rotatable bonds is 1. The molecule has 0 spiro atoms. The third-order valence-corrected chi connectivity index (χ3v) is 6.03. The van der Waals surface area contributed by atoms with Crippen LogP contribution in [0.25, 0.3) is 11.1 Å². The fraction of sp³-hybridized carbons (Fsp3) is 0. The molecular formula is C18H13FS3. The zero-order chi connectivity index (χ0) is 14.2. The predicted molar refractivity (Wildman–Crippen MR) is 96.9 cm³/mol. The largest absolute Gasteiger partial charge is 0.207 e. The molecule has 0 saturated carbocycles. The van der Waals surface area contributed by atoms with E-state index in [1.165, 1.54) is 37.3 Å². The number of hydrogen-bond acceptors (Lipinski definition) is 2. The molecule has 4 rings (SSSR count). The Hall–Kier alpha value is -1.36. The van der Waals surface area contributed by atoms with Gasteiger partial charge in [0.1, 0.15) is 5.82 Å². The Bertz CT molecular complexity index is 813. The van der Waals surface area contributed by atoms with Crippen LogP contribution in [0.2, 0.25) is 0 Å². The van der Waals surface area contributed by atoms with Crippen molar-refractivity contribution in [2.75, 3.05) is 0 Å². The van der Waals surface area contributed by atoms with Crippen molar-refractivity contribution in [2.45, 2.75) is 19.6 Å². The monoisotopic (exact) mass is 344 g/mol. The fourth-order valence-electron chi connectivity index (χ4n) is 2.41. The van der Waals surface area contributed by atoms with Crippen LogP contribution in [0.1, 0.15) is 0 Å². The molecule has 0 saturated heterocycles. The van der Waals surface area contributed by atoms with Gasteiger partial charge < -0.3 is 0 Å². The van der Waals surface area contributed by atoms with Gasteiger partial charge in [0.15, 0.2) is 0 Å². The molecule has 0 aliphatic carbocycles. The molecule has 4 heteroatoms. The molecular weight excluding hydrogens is 331 g/mol. The van der Waals surface area contributed by atoms with Gasteiger partial charge in [0.25, 0.3) is 0 Å². The lowest BCUT2D eigenvalue weighted by Gasteiger charge is -2.20. The van der Waals surface area contributed by atoms with Gasteiger partial charge >= 0.3 is 0 Å². The van der Waals surface area contributed by atoms with Crippen molar-refractivity contribution in [1.29, 1.82) is 0 Å². The zero-order valence-corrected chi connectivity index (χ0v) is 14.2. The molecule has 3 aromatic rings. The average molecular weight is 345 g/mol. The summed E-state index contributed by atoms with van der Waals surface area (Å²) in [5.41, 5.74) is 2.22. The highest BCUT2D eigenvalue weighted by atomic mass is 32.2. The van der Waals surface area contributed by atoms with Crippen LogP contribution in [0, 0.1) is 5.82 Å². The minimum Gasteiger partial charge on any atom is -0.207 e. The molecule has 0 nitrogen and oxygen atoms in total. The summed E-state index contributed by atoms with van der Waals surface area (Å²) in [4.78, 5) is 5.10. The van der Waals surface area contributed by atoms with Gasteiger partial charge in [0.05, 0.1) is 0 Å². The van der Waals surface area contributed by atoms with Gasteiger partial charge in [-0.25, -0.2) is 4.39 Å². The summed E-state index contributed by atoms with van der Waals surface area (Å²) in [6.07, 6.45) is 0. The van der Waals surface area contributed by atoms with E-state index in [0.717, 1.165) is 5.56 Å². The van der Waals surface area contributed by atoms with Crippen molar-refractivity contribution in [2.24, 2.45) is 0 Å². The first-order valence-corrected chi connectivity index (χ1v) is 8.28. The van der Waals surface area contributed by atoms with Crippen LogP contribution < -0.4 is 0 Å². The Labute approximate surface area is 144 Å². The minimum atomic E-state index is -0.198. The SMILES string of the molecule is Fc1ccc(-c2cccc3c2Sc2ccccc2S3)cc1.S. The molecule has 1 aliphatic rings. The van der Waals surface area contributed by atoms with Crippen LogP contribution in [0.5, 0.6) is 0 Å². The van der Waals surface area contributed by atoms with E-state index in [0.29, 0.717) is 0 Å². The molecule has 0 unspecified atom stereocenters. The van der Waals surface area contributed by atoms with Gasteiger partial charge in [-0.3, -0.25) is 0 Å². The van der Waals surface area contributed by atoms with E-state index < -0.39 is 0 Å². The topological polar surface area (TPSA) is 0 Å². The van der Waals surface area contributed by atoms with E-state index in [2.05, 4.69) is 42.5 Å². The van der Waals surface area contributed by atoms with Crippen molar-refractivity contribution in [3.05, 3.63) is 72.5 Å². The Balaban J connectivity index is 0.00000144. The van der Waals surface area contributed by atoms with Gasteiger partial charge in [0, 0.05) is 19.6 Å². The van der Waals surface area contributed by atoms with Crippen LogP contribution in [0.15, 0.2) is 86.3 Å². The van der Waals surface area contributed by atoms with Crippen LogP contribution in [-0.4, -0.2) is 0 Å². The predicted octanol–water partition coefficient (Wildman–Crippen LogP) is 6.22. The summed E-state index contributed by atoms with van der Waals surface area (Å²) in [6, 6.07) is 21.5. The highest BCUT2D eigenvalue weighted by molar-refractivity contribution is 8.05. The van der Waals surface area contributed by atoms with E-state index in [-0.39, 0.29) is 19.3 Å². The quantitative estimate of drug-likeness (QED) is 0.402. The van der Waals surface area contributed by atoms with Crippen LogP contribution >= 0.6 is 37.0 Å². The van der Waals surface area contributed by atoms with Crippen molar-refractivity contribution in [3.8, 4) is 11.1 Å². The van der Waals surface area contributed by atoms with E-state index in [1.807, 2.05) is 12.1 Å². The number of fused-ring (bicyclic) bond motifs is 2. The number of halogens is 1. The molecule has 0 aromatic heterocycles. The summed E-state index contributed by atoms with van der Waals surface area (Å²) >= 11 is 3.59. The molecule has 22 heavy (non-hydrogen) atoms. The van der Waals surface area contributed by atoms with E-state index in [4.69, 9.17) is 0 Å². The summed E-state index contributed by atoms with van der Waals surface area (Å²) in [5, 5.41) is 0. The van der Waals surface area contributed by atoms with Crippen molar-refractivity contribution in [3.63, 3.8) is 0 Å². The lowest BCUT2D eigenvalue weighted by atomic mass is 10.1. The molecule has 0 bridgehead atoms. The average Bonchev–Trinajstić information content (AvgIpc) is 2.53. The maximum atomic E-state index is 13.1. The Morgan fingerprint density at radius 2 is 1.27 bits per heavy atom. The number of hydrogen-bond donors (Lipinski definition) is 0. The lowest BCUT2D eigenvalue weighted by Crippen LogP contribution is -1.92. The van der Waals surface area contributed by atoms with Gasteiger partial charge in [0.2, 0.25) is 0 Å². The van der Waals surface area contributed by atoms with Crippen molar-refractivity contribution in [1.82, 2.24) is 0 Å². The Morgan fingerprint density at radius 3 is 2.00 bits per heavy atom. The van der Waals surface area contributed by atoms with E-state index in [1.54, 1.807) is 23.5 Å². The lowest BCUT2D eigenvalue weighted by molar-refractivity contribution is 0.628. The zero-order valence-electron chi connectivity index (χ0n) is 11.5. The van der Waals surface area contributed by atoms with E-state index >= 15 is 0 Å². The Kier molecular flexibility index (Phi) is 4.52. The maximum absolute atomic E-state index is 13.1. The number of benzene rings is 3. The van der Waals surface area contributed by atoms with E-state index in [9.17, 15) is 4.39 Å². The highest BCUT2D eigenvalue weighted by Crippen LogP contribution is 2.51. The second kappa shape index (κ2) is 6.41. The van der Waals surface area contributed by atoms with Crippen LogP contribution in [-0.2, 0) is 0 Å². The summed E-state index contributed by atoms with van der Waals surface area (Å²) in [6.45, 7) is 0. The second-order valence-electron chi connectivity index (χ2n) is 4.79. The maximum Gasteiger partial charge on any atom is 0.123 e. The van der Waals surface area contributed by atoms with Gasteiger partial charge in [-0.05, 0) is 41.5 Å². The van der Waals surface area contributed by atoms with Crippen molar-refractivity contribution < 1.29 is 4.39 Å². The molecule has 0 N–H and O–H groups in total. The molecule has 1 aliphatic heterocycles. The molecule has 0 radical (unpaired) electrons. The second-order valence-corrected chi connectivity index (χ2v) is 6.93. The molecule has 1 heterocycles. The summed E-state index contributed by atoms with van der Waals surface area (Å²) in [5.74, 6) is -0.198. The smallest absolute Gasteiger partial charge is 0.123 e. The molecule has 110 valence electrons. The summed E-state index contributed by atoms with van der Waals surface area (Å²) in [7, 11) is 0. The normalized spacial score (nSPS) is 12.0. The highest BCUT2D eigenvalue weighted by Gasteiger charge is 2.19. The minimum absolute atomic E-state index is 0. The molecule has 0 amide bonds. The van der Waals surface area contributed by atoms with Crippen LogP contribution in [0.3, 0.4) is 0 Å². The Morgan fingerprint density at radius 1 is 0.636 bits per heavy atom. The first kappa shape index (κ1) is 15.5. The standard InChI is InChI=1S/C18H11FS2.H2S/c19-13-10-8-12(9-11-13)14-4-3-7-17-18(14)21-16-6-2-1-5-15(16)20-17;/h1-11H;1H2. The fourth-order valence-corrected chi connectivity index (χ4v) is 4.81. The van der Waals surface area contributed by atoms with Crippen LogP contribution in [0.4, 0.5) is 4.39 Å². The van der Waals surface area contributed by atoms with Crippen molar-refractivity contribution >= 4 is 37.0 Å². The van der Waals surface area contributed by atoms with Gasteiger partial charge in [-0.15, -0.1) is 0 Å². The first-order valence-electron chi connectivity index (χ1n) is 6.65. The third-order valence-electron chi connectivity index (χ3n) is 3.42. The third kappa shape index (κ3) is 2.78. The molecule has 3 aromatic carbocycles.